The second-order valence-corrected chi connectivity index (χ2v) is 8.86. The maximum atomic E-state index is 12.8. The average molecular weight is 500 g/mol. The van der Waals surface area contributed by atoms with E-state index < -0.39 is 0 Å². The van der Waals surface area contributed by atoms with Gasteiger partial charge in [0, 0.05) is 13.8 Å². The molecule has 4 rings (SSSR count). The monoisotopic (exact) mass is 498 g/mol. The summed E-state index contributed by atoms with van der Waals surface area (Å²) in [7, 11) is 0. The Morgan fingerprint density at radius 1 is 1.35 bits per heavy atom. The first kappa shape index (κ1) is 18.0. The number of fused-ring (bicyclic) bond motifs is 3. The van der Waals surface area contributed by atoms with Gasteiger partial charge in [-0.2, -0.15) is 0 Å². The topological polar surface area (TPSA) is 75.2 Å². The van der Waals surface area contributed by atoms with Gasteiger partial charge in [0.2, 0.25) is 0 Å². The number of phenolic OH excluding ortho intramolecular Hbond substituents is 1. The lowest BCUT2D eigenvalue weighted by atomic mass is 9.97. The number of aromatic nitrogens is 2. The minimum absolute atomic E-state index is 0.0502. The number of rotatable bonds is 3. The number of thiophene rings is 1. The highest BCUT2D eigenvalue weighted by atomic mass is 79.9. The number of nitrogens with zero attached hydrogens (tertiary/aromatic N) is 1. The van der Waals surface area contributed by atoms with Gasteiger partial charge in [0.1, 0.15) is 10.7 Å². The van der Waals surface area contributed by atoms with Crippen molar-refractivity contribution >= 4 is 53.4 Å². The third kappa shape index (κ3) is 2.88. The van der Waals surface area contributed by atoms with Crippen molar-refractivity contribution in [1.82, 2.24) is 9.97 Å². The number of aromatic hydroxyl groups is 1. The summed E-state index contributed by atoms with van der Waals surface area (Å²) >= 11 is 8.52. The summed E-state index contributed by atoms with van der Waals surface area (Å²) in [6, 6.07) is 1.69. The van der Waals surface area contributed by atoms with Crippen molar-refractivity contribution in [3.8, 4) is 22.9 Å². The van der Waals surface area contributed by atoms with Gasteiger partial charge in [-0.05, 0) is 76.1 Å². The predicted molar refractivity (Wildman–Crippen MR) is 111 cm³/mol. The Morgan fingerprint density at radius 2 is 2.12 bits per heavy atom. The van der Waals surface area contributed by atoms with Crippen LogP contribution < -0.4 is 10.3 Å². The molecule has 1 aliphatic rings. The molecule has 3 aromatic rings. The molecule has 0 saturated heterocycles. The van der Waals surface area contributed by atoms with E-state index in [2.05, 4.69) is 41.8 Å². The quantitative estimate of drug-likeness (QED) is 0.521. The molecule has 1 aromatic carbocycles. The molecule has 1 aliphatic carbocycles. The Labute approximate surface area is 170 Å². The summed E-state index contributed by atoms with van der Waals surface area (Å²) in [6.45, 7) is 2.26. The van der Waals surface area contributed by atoms with Crippen LogP contribution in [0.5, 0.6) is 11.5 Å². The van der Waals surface area contributed by atoms with Gasteiger partial charge >= 0.3 is 0 Å². The van der Waals surface area contributed by atoms with Crippen molar-refractivity contribution in [3.63, 3.8) is 0 Å². The van der Waals surface area contributed by atoms with Gasteiger partial charge in [0.25, 0.3) is 5.56 Å². The second kappa shape index (κ2) is 6.98. The van der Waals surface area contributed by atoms with Crippen molar-refractivity contribution < 1.29 is 9.84 Å². The van der Waals surface area contributed by atoms with Crippen LogP contribution in [0.2, 0.25) is 0 Å². The number of nitrogens with one attached hydrogen (secondary N) is 1. The molecule has 136 valence electrons. The maximum absolute atomic E-state index is 12.8. The Morgan fingerprint density at radius 3 is 2.88 bits per heavy atom. The highest BCUT2D eigenvalue weighted by Crippen LogP contribution is 2.45. The van der Waals surface area contributed by atoms with Crippen molar-refractivity contribution in [2.24, 2.45) is 0 Å². The molecular formula is C18H16Br2N2O3S. The molecule has 2 aromatic heterocycles. The van der Waals surface area contributed by atoms with E-state index in [1.165, 1.54) is 4.88 Å². The molecule has 5 nitrogen and oxygen atoms in total. The number of aryl methyl sites for hydroxylation is 2. The molecule has 0 fully saturated rings. The largest absolute Gasteiger partial charge is 0.504 e. The van der Waals surface area contributed by atoms with Gasteiger partial charge in [-0.15, -0.1) is 11.3 Å². The van der Waals surface area contributed by atoms with Crippen LogP contribution in [0.3, 0.4) is 0 Å². The molecule has 0 radical (unpaired) electrons. The smallest absolute Gasteiger partial charge is 0.260 e. The number of hydrogen-bond donors (Lipinski definition) is 2. The van der Waals surface area contributed by atoms with E-state index in [4.69, 9.17) is 4.74 Å². The lowest BCUT2D eigenvalue weighted by molar-refractivity contribution is 0.318. The van der Waals surface area contributed by atoms with E-state index in [1.807, 2.05) is 6.92 Å². The van der Waals surface area contributed by atoms with Crippen LogP contribution in [-0.2, 0) is 12.8 Å². The first-order valence-electron chi connectivity index (χ1n) is 8.40. The molecule has 0 amide bonds. The standard InChI is InChI=1S/C18H16Br2N2O3S/c1-2-25-10-7-9(19)14(20)13(15(10)23)16-21-17(24)12-8-5-3-4-6-11(8)26-18(12)22-16/h7,23H,2-6H2,1H3,(H,21,22,24). The Balaban J connectivity index is 1.97. The summed E-state index contributed by atoms with van der Waals surface area (Å²) in [4.78, 5) is 22.3. The first-order chi connectivity index (χ1) is 12.5. The number of halogens is 2. The van der Waals surface area contributed by atoms with E-state index in [0.29, 0.717) is 38.1 Å². The molecule has 0 unspecified atom stereocenters. The zero-order chi connectivity index (χ0) is 18.4. The summed E-state index contributed by atoms with van der Waals surface area (Å²) in [5.41, 5.74) is 1.39. The molecule has 0 bridgehead atoms. The third-order valence-corrected chi connectivity index (χ3v) is 7.69. The van der Waals surface area contributed by atoms with Crippen LogP contribution >= 0.6 is 43.2 Å². The molecule has 26 heavy (non-hydrogen) atoms. The van der Waals surface area contributed by atoms with Gasteiger partial charge in [0.05, 0.1) is 17.6 Å². The molecule has 0 spiro atoms. The van der Waals surface area contributed by atoms with Crippen molar-refractivity contribution in [2.75, 3.05) is 6.61 Å². The van der Waals surface area contributed by atoms with Crippen LogP contribution in [0.15, 0.2) is 19.8 Å². The van der Waals surface area contributed by atoms with Crippen LogP contribution in [-0.4, -0.2) is 21.7 Å². The fourth-order valence-electron chi connectivity index (χ4n) is 3.36. The van der Waals surface area contributed by atoms with E-state index in [9.17, 15) is 9.90 Å². The Kier molecular flexibility index (Phi) is 4.83. The van der Waals surface area contributed by atoms with E-state index in [1.54, 1.807) is 17.4 Å². The minimum Gasteiger partial charge on any atom is -0.504 e. The van der Waals surface area contributed by atoms with Crippen molar-refractivity contribution in [1.29, 1.82) is 0 Å². The van der Waals surface area contributed by atoms with Crippen LogP contribution in [0.4, 0.5) is 0 Å². The van der Waals surface area contributed by atoms with Crippen LogP contribution in [0.25, 0.3) is 21.6 Å². The summed E-state index contributed by atoms with van der Waals surface area (Å²) < 4.78 is 6.82. The van der Waals surface area contributed by atoms with Gasteiger partial charge in [0.15, 0.2) is 11.5 Å². The minimum atomic E-state index is -0.159. The Hall–Kier alpha value is -1.38. The number of aromatic amines is 1. The lowest BCUT2D eigenvalue weighted by Gasteiger charge is -2.13. The predicted octanol–water partition coefficient (Wildman–Crippen LogP) is 5.16. The van der Waals surface area contributed by atoms with E-state index in [-0.39, 0.29) is 11.3 Å². The lowest BCUT2D eigenvalue weighted by Crippen LogP contribution is -2.11. The molecule has 0 saturated carbocycles. The van der Waals surface area contributed by atoms with Crippen molar-refractivity contribution in [3.05, 3.63) is 35.8 Å². The van der Waals surface area contributed by atoms with Gasteiger partial charge in [-0.3, -0.25) is 4.79 Å². The average Bonchev–Trinajstić information content (AvgIpc) is 2.99. The summed E-state index contributed by atoms with van der Waals surface area (Å²) in [6.07, 6.45) is 4.20. The van der Waals surface area contributed by atoms with E-state index in [0.717, 1.165) is 36.1 Å². The highest BCUT2D eigenvalue weighted by Gasteiger charge is 2.23. The molecule has 8 heteroatoms. The zero-order valence-electron chi connectivity index (χ0n) is 14.0. The molecular weight excluding hydrogens is 484 g/mol. The molecule has 2 N–H and O–H groups in total. The summed E-state index contributed by atoms with van der Waals surface area (Å²) in [5, 5.41) is 11.4. The van der Waals surface area contributed by atoms with Gasteiger partial charge < -0.3 is 14.8 Å². The van der Waals surface area contributed by atoms with Gasteiger partial charge in [-0.25, -0.2) is 4.98 Å². The van der Waals surface area contributed by atoms with Gasteiger partial charge in [-0.1, -0.05) is 0 Å². The zero-order valence-corrected chi connectivity index (χ0v) is 18.0. The fraction of sp³-hybridized carbons (Fsp3) is 0.333. The fourth-order valence-corrected chi connectivity index (χ4v) is 5.52. The molecule has 0 atom stereocenters. The highest BCUT2D eigenvalue weighted by molar-refractivity contribution is 9.13. The number of benzene rings is 1. The maximum Gasteiger partial charge on any atom is 0.260 e. The third-order valence-electron chi connectivity index (χ3n) is 4.52. The normalized spacial score (nSPS) is 13.8. The SMILES string of the molecule is CCOc1cc(Br)c(Br)c(-c2nc3sc4c(c3c(=O)[nH]2)CCCC4)c1O. The number of H-pyrrole nitrogens is 1. The van der Waals surface area contributed by atoms with Crippen LogP contribution in [0.1, 0.15) is 30.2 Å². The van der Waals surface area contributed by atoms with Crippen LogP contribution in [0, 0.1) is 0 Å². The molecule has 0 aliphatic heterocycles. The molecule has 2 heterocycles. The number of phenols is 1. The summed E-state index contributed by atoms with van der Waals surface area (Å²) in [5.74, 6) is 0.615. The van der Waals surface area contributed by atoms with E-state index >= 15 is 0 Å². The second-order valence-electron chi connectivity index (χ2n) is 6.13. The number of ether oxygens (including phenoxy) is 1. The first-order valence-corrected chi connectivity index (χ1v) is 10.8. The number of hydrogen-bond acceptors (Lipinski definition) is 5. The Bertz CT molecular complexity index is 1070. The van der Waals surface area contributed by atoms with Crippen molar-refractivity contribution in [2.45, 2.75) is 32.6 Å².